The molecule has 3 aromatic rings. The van der Waals surface area contributed by atoms with Gasteiger partial charge in [0.25, 0.3) is 0 Å². The van der Waals surface area contributed by atoms with Gasteiger partial charge in [0.1, 0.15) is 11.9 Å². The number of carboxylic acid groups (broad SMARTS) is 1. The number of nitrogens with one attached hydrogen (secondary N) is 1. The predicted octanol–water partition coefficient (Wildman–Crippen LogP) is 5.38. The molecule has 32 heavy (non-hydrogen) atoms. The highest BCUT2D eigenvalue weighted by Gasteiger charge is 2.33. The minimum absolute atomic E-state index is 0.0565. The molecule has 170 valence electrons. The Bertz CT molecular complexity index is 1090. The number of hydrogen-bond acceptors (Lipinski definition) is 3. The highest BCUT2D eigenvalue weighted by atomic mass is 19.3. The van der Waals surface area contributed by atoms with Crippen LogP contribution in [-0.2, 0) is 0 Å². The molecule has 0 radical (unpaired) electrons. The summed E-state index contributed by atoms with van der Waals surface area (Å²) < 4.78 is 32.2. The number of aromatic nitrogens is 1. The number of piperidine rings is 1. The van der Waals surface area contributed by atoms with Gasteiger partial charge in [-0.1, -0.05) is 18.2 Å². The molecule has 1 aromatic heterocycles. The molecule has 0 aliphatic carbocycles. The molecule has 2 heterocycles. The molecule has 2 N–H and O–H groups in total. The van der Waals surface area contributed by atoms with Gasteiger partial charge in [0.15, 0.2) is 0 Å². The predicted molar refractivity (Wildman–Crippen MR) is 120 cm³/mol. The lowest BCUT2D eigenvalue weighted by Gasteiger charge is -2.39. The minimum atomic E-state index is -2.32. The van der Waals surface area contributed by atoms with Gasteiger partial charge in [0, 0.05) is 43.6 Å². The number of aryl methyl sites for hydroxylation is 2. The van der Waals surface area contributed by atoms with E-state index in [1.165, 1.54) is 0 Å². The fourth-order valence-corrected chi connectivity index (χ4v) is 4.68. The third-order valence-electron chi connectivity index (χ3n) is 6.33. The van der Waals surface area contributed by atoms with Crippen LogP contribution < -0.4 is 4.74 Å². The Labute approximate surface area is 186 Å². The Morgan fingerprint density at radius 3 is 2.66 bits per heavy atom. The van der Waals surface area contributed by atoms with Crippen LogP contribution in [0.2, 0.25) is 0 Å². The van der Waals surface area contributed by atoms with Crippen LogP contribution in [0.3, 0.4) is 0 Å². The number of likely N-dealkylation sites (tertiary alicyclic amines) is 1. The number of carboxylic acids is 1. The Balaban J connectivity index is 1.63. The molecule has 2 aromatic carbocycles. The maximum atomic E-state index is 12.8. The zero-order chi connectivity index (χ0) is 22.8. The van der Waals surface area contributed by atoms with Crippen LogP contribution in [0.4, 0.5) is 8.78 Å². The molecular weight excluding hydrogens is 414 g/mol. The molecule has 0 bridgehead atoms. The first-order valence-corrected chi connectivity index (χ1v) is 10.9. The van der Waals surface area contributed by atoms with Gasteiger partial charge in [-0.2, -0.15) is 0 Å². The average Bonchev–Trinajstić information content (AvgIpc) is 3.26. The Hall–Kier alpha value is -2.93. The van der Waals surface area contributed by atoms with Gasteiger partial charge in [0.2, 0.25) is 6.43 Å². The number of rotatable bonds is 7. The molecule has 7 heteroatoms. The molecule has 0 unspecified atom stereocenters. The Kier molecular flexibility index (Phi) is 6.46. The van der Waals surface area contributed by atoms with Gasteiger partial charge in [-0.3, -0.25) is 0 Å². The normalized spacial score (nSPS) is 19.5. The van der Waals surface area contributed by atoms with Crippen molar-refractivity contribution < 1.29 is 23.4 Å². The average molecular weight is 443 g/mol. The number of benzene rings is 2. The largest absolute Gasteiger partial charge is 0.489 e. The highest BCUT2D eigenvalue weighted by Crippen LogP contribution is 2.37. The lowest BCUT2D eigenvalue weighted by molar-refractivity contribution is 0.0611. The summed E-state index contributed by atoms with van der Waals surface area (Å²) >= 11 is 0. The van der Waals surface area contributed by atoms with Crippen LogP contribution in [0.1, 0.15) is 45.8 Å². The first kappa shape index (κ1) is 22.3. The number of halogens is 2. The molecule has 0 spiro atoms. The summed E-state index contributed by atoms with van der Waals surface area (Å²) in [5, 5.41) is 10.3. The van der Waals surface area contributed by atoms with Crippen molar-refractivity contribution >= 4 is 16.9 Å². The molecule has 0 saturated carbocycles. The summed E-state index contributed by atoms with van der Waals surface area (Å²) in [5.41, 5.74) is 4.42. The third-order valence-corrected chi connectivity index (χ3v) is 6.33. The first-order chi connectivity index (χ1) is 15.3. The van der Waals surface area contributed by atoms with Crippen molar-refractivity contribution in [3.8, 4) is 5.75 Å². The van der Waals surface area contributed by atoms with E-state index < -0.39 is 12.4 Å². The van der Waals surface area contributed by atoms with Crippen molar-refractivity contribution in [3.05, 3.63) is 64.8 Å². The van der Waals surface area contributed by atoms with Gasteiger partial charge in [0.05, 0.1) is 11.1 Å². The molecule has 1 fully saturated rings. The van der Waals surface area contributed by atoms with Gasteiger partial charge in [-0.05, 0) is 55.2 Å². The summed E-state index contributed by atoms with van der Waals surface area (Å²) in [6.45, 7) is 5.69. The molecule has 1 aliphatic rings. The topological polar surface area (TPSA) is 65.6 Å². The molecule has 5 nitrogen and oxygen atoms in total. The maximum absolute atomic E-state index is 12.8. The fraction of sp³-hybridized carbons (Fsp3) is 0.400. The summed E-state index contributed by atoms with van der Waals surface area (Å²) in [6.07, 6.45) is -0.0216. The van der Waals surface area contributed by atoms with Gasteiger partial charge in [-0.25, -0.2) is 13.6 Å². The molecule has 0 amide bonds. The van der Waals surface area contributed by atoms with E-state index in [-0.39, 0.29) is 24.0 Å². The van der Waals surface area contributed by atoms with Gasteiger partial charge < -0.3 is 19.7 Å². The molecule has 2 atom stereocenters. The van der Waals surface area contributed by atoms with E-state index in [1.54, 1.807) is 12.1 Å². The second-order valence-corrected chi connectivity index (χ2v) is 8.56. The van der Waals surface area contributed by atoms with Crippen molar-refractivity contribution in [1.29, 1.82) is 0 Å². The number of hydrogen-bond donors (Lipinski definition) is 2. The van der Waals surface area contributed by atoms with Crippen molar-refractivity contribution in [2.24, 2.45) is 0 Å². The second-order valence-electron chi connectivity index (χ2n) is 8.56. The quantitative estimate of drug-likeness (QED) is 0.516. The van der Waals surface area contributed by atoms with Crippen LogP contribution >= 0.6 is 0 Å². The lowest BCUT2D eigenvalue weighted by atomic mass is 9.87. The van der Waals surface area contributed by atoms with E-state index >= 15 is 0 Å². The zero-order valence-electron chi connectivity index (χ0n) is 18.3. The standard InChI is InChI=1S/C25H28F2N2O3/c1-15-13-16(2)24(19-7-10-28-23(15)19)32-21-8-11-29(12-9-22(26)27)14-20(21)17-3-5-18(6-4-17)25(30)31/h3-7,10,13,20-22,28H,8-9,11-12,14H2,1-2H3,(H,30,31)/t20-,21+/m0/s1. The SMILES string of the molecule is Cc1cc(C)c2[nH]ccc2c1O[C@@H]1CCN(CCC(F)F)C[C@H]1c1ccc(C(=O)O)cc1. The lowest BCUT2D eigenvalue weighted by Crippen LogP contribution is -2.44. The van der Waals surface area contributed by atoms with Crippen molar-refractivity contribution in [3.63, 3.8) is 0 Å². The van der Waals surface area contributed by atoms with Crippen LogP contribution in [0.5, 0.6) is 5.75 Å². The minimum Gasteiger partial charge on any atom is -0.489 e. The van der Waals surface area contributed by atoms with Crippen LogP contribution in [-0.4, -0.2) is 53.1 Å². The summed E-state index contributed by atoms with van der Waals surface area (Å²) in [5.74, 6) is -0.194. The second kappa shape index (κ2) is 9.28. The molecule has 1 aliphatic heterocycles. The van der Waals surface area contributed by atoms with E-state index in [9.17, 15) is 18.7 Å². The molecular formula is C25H28F2N2O3. The van der Waals surface area contributed by atoms with E-state index in [0.29, 0.717) is 26.1 Å². The van der Waals surface area contributed by atoms with E-state index in [1.807, 2.05) is 31.3 Å². The zero-order valence-corrected chi connectivity index (χ0v) is 18.3. The maximum Gasteiger partial charge on any atom is 0.335 e. The molecule has 1 saturated heterocycles. The van der Waals surface area contributed by atoms with Crippen molar-refractivity contribution in [1.82, 2.24) is 9.88 Å². The third kappa shape index (κ3) is 4.63. The number of nitrogens with zero attached hydrogens (tertiary/aromatic N) is 1. The van der Waals surface area contributed by atoms with Crippen molar-refractivity contribution in [2.45, 2.75) is 45.1 Å². The molecule has 4 rings (SSSR count). The smallest absolute Gasteiger partial charge is 0.335 e. The number of ether oxygens (including phenoxy) is 1. The highest BCUT2D eigenvalue weighted by molar-refractivity contribution is 5.90. The number of aromatic carboxylic acids is 1. The summed E-state index contributed by atoms with van der Waals surface area (Å²) in [7, 11) is 0. The monoisotopic (exact) mass is 442 g/mol. The van der Waals surface area contributed by atoms with Crippen LogP contribution in [0.15, 0.2) is 42.6 Å². The van der Waals surface area contributed by atoms with E-state index in [2.05, 4.69) is 22.9 Å². The number of carbonyl (C=O) groups is 1. The van der Waals surface area contributed by atoms with Crippen LogP contribution in [0, 0.1) is 13.8 Å². The van der Waals surface area contributed by atoms with E-state index in [0.717, 1.165) is 33.3 Å². The summed E-state index contributed by atoms with van der Waals surface area (Å²) in [6, 6.07) is 10.9. The van der Waals surface area contributed by atoms with E-state index in [4.69, 9.17) is 4.74 Å². The Morgan fingerprint density at radius 2 is 1.97 bits per heavy atom. The number of alkyl halides is 2. The summed E-state index contributed by atoms with van der Waals surface area (Å²) in [4.78, 5) is 16.6. The fourth-order valence-electron chi connectivity index (χ4n) is 4.68. The van der Waals surface area contributed by atoms with Crippen molar-refractivity contribution in [2.75, 3.05) is 19.6 Å². The number of fused-ring (bicyclic) bond motifs is 1. The first-order valence-electron chi connectivity index (χ1n) is 10.9. The number of H-pyrrole nitrogens is 1. The number of aromatic amines is 1. The van der Waals surface area contributed by atoms with Gasteiger partial charge in [-0.15, -0.1) is 0 Å². The van der Waals surface area contributed by atoms with Gasteiger partial charge >= 0.3 is 5.97 Å². The van der Waals surface area contributed by atoms with Crippen LogP contribution in [0.25, 0.3) is 10.9 Å². The Morgan fingerprint density at radius 1 is 1.22 bits per heavy atom.